The van der Waals surface area contributed by atoms with Crippen LogP contribution in [0.15, 0.2) is 23.7 Å². The Morgan fingerprint density at radius 3 is 3.00 bits per heavy atom. The first-order chi connectivity index (χ1) is 7.45. The van der Waals surface area contributed by atoms with Crippen LogP contribution in [0.5, 0.6) is 0 Å². The molecule has 0 N–H and O–H groups in total. The molecule has 1 aliphatic rings. The smallest absolute Gasteiger partial charge is 0.109 e. The molecule has 0 saturated carbocycles. The van der Waals surface area contributed by atoms with E-state index in [0.717, 1.165) is 13.0 Å². The van der Waals surface area contributed by atoms with E-state index >= 15 is 0 Å². The third-order valence-corrected chi connectivity index (χ3v) is 3.89. The normalized spacial score (nSPS) is 15.0. The molecule has 2 aromatic rings. The fraction of sp³-hybridized carbons (Fsp3) is 0.417. The molecule has 0 aromatic carbocycles. The summed E-state index contributed by atoms with van der Waals surface area (Å²) in [5.74, 6) is 1.27. The summed E-state index contributed by atoms with van der Waals surface area (Å²) in [5, 5.41) is 2.13. The molecular formula is C12H15ClN2S. The van der Waals surface area contributed by atoms with Crippen molar-refractivity contribution in [3.63, 3.8) is 0 Å². The van der Waals surface area contributed by atoms with Crippen LogP contribution in [0.4, 0.5) is 0 Å². The Hall–Kier alpha value is -0.800. The molecule has 3 rings (SSSR count). The summed E-state index contributed by atoms with van der Waals surface area (Å²) >= 11 is 1.80. The monoisotopic (exact) mass is 254 g/mol. The standard InChI is InChI=1S/C12H14N2S.ClH/c1-2-6-12-13-9-10(14(12)7-3-1)11-5-4-8-15-11;/h4-5,8-9H,1-3,6-7H2;1H. The van der Waals surface area contributed by atoms with Gasteiger partial charge in [0.15, 0.2) is 0 Å². The Morgan fingerprint density at radius 2 is 2.19 bits per heavy atom. The maximum atomic E-state index is 4.54. The average molecular weight is 255 g/mol. The highest BCUT2D eigenvalue weighted by atomic mass is 35.5. The zero-order chi connectivity index (χ0) is 10.1. The average Bonchev–Trinajstić information content (AvgIpc) is 2.83. The van der Waals surface area contributed by atoms with E-state index in [2.05, 4.69) is 27.1 Å². The molecule has 4 heteroatoms. The van der Waals surface area contributed by atoms with Crippen molar-refractivity contribution in [3.8, 4) is 10.6 Å². The van der Waals surface area contributed by atoms with Crippen molar-refractivity contribution in [2.24, 2.45) is 0 Å². The zero-order valence-electron chi connectivity index (χ0n) is 9.06. The molecule has 16 heavy (non-hydrogen) atoms. The predicted octanol–water partition coefficient (Wildman–Crippen LogP) is 3.76. The third-order valence-electron chi connectivity index (χ3n) is 2.99. The lowest BCUT2D eigenvalue weighted by molar-refractivity contribution is 0.639. The molecule has 0 amide bonds. The van der Waals surface area contributed by atoms with Gasteiger partial charge in [-0.3, -0.25) is 0 Å². The first-order valence-corrected chi connectivity index (χ1v) is 6.41. The van der Waals surface area contributed by atoms with Gasteiger partial charge in [0.1, 0.15) is 5.82 Å². The number of thiophene rings is 1. The number of imidazole rings is 1. The van der Waals surface area contributed by atoms with Crippen molar-refractivity contribution >= 4 is 23.7 Å². The Morgan fingerprint density at radius 1 is 1.25 bits per heavy atom. The zero-order valence-corrected chi connectivity index (χ0v) is 10.7. The van der Waals surface area contributed by atoms with Gasteiger partial charge in [-0.15, -0.1) is 23.7 Å². The molecule has 2 aromatic heterocycles. The Bertz CT molecular complexity index is 448. The number of nitrogens with zero attached hydrogens (tertiary/aromatic N) is 2. The van der Waals surface area contributed by atoms with Crippen LogP contribution in [0, 0.1) is 0 Å². The van der Waals surface area contributed by atoms with Gasteiger partial charge >= 0.3 is 0 Å². The van der Waals surface area contributed by atoms with E-state index in [0.29, 0.717) is 0 Å². The van der Waals surface area contributed by atoms with Crippen LogP contribution >= 0.6 is 23.7 Å². The molecule has 0 bridgehead atoms. The topological polar surface area (TPSA) is 17.8 Å². The van der Waals surface area contributed by atoms with E-state index in [1.807, 2.05) is 6.20 Å². The second kappa shape index (κ2) is 5.02. The maximum absolute atomic E-state index is 4.54. The van der Waals surface area contributed by atoms with E-state index in [4.69, 9.17) is 0 Å². The largest absolute Gasteiger partial charge is 0.327 e. The van der Waals surface area contributed by atoms with E-state index in [1.165, 1.54) is 35.7 Å². The third kappa shape index (κ3) is 2.02. The van der Waals surface area contributed by atoms with Crippen LogP contribution in [0.3, 0.4) is 0 Å². The quantitative estimate of drug-likeness (QED) is 0.758. The first-order valence-electron chi connectivity index (χ1n) is 5.53. The maximum Gasteiger partial charge on any atom is 0.109 e. The molecule has 2 nitrogen and oxygen atoms in total. The molecule has 86 valence electrons. The van der Waals surface area contributed by atoms with Gasteiger partial charge in [0, 0.05) is 13.0 Å². The number of halogens is 1. The fourth-order valence-corrected chi connectivity index (χ4v) is 2.96. The Balaban J connectivity index is 0.000000963. The molecule has 0 spiro atoms. The van der Waals surface area contributed by atoms with Gasteiger partial charge in [-0.1, -0.05) is 12.5 Å². The predicted molar refractivity (Wildman–Crippen MR) is 70.3 cm³/mol. The number of rotatable bonds is 1. The fourth-order valence-electron chi connectivity index (χ4n) is 2.21. The van der Waals surface area contributed by atoms with Crippen LogP contribution in [0.2, 0.25) is 0 Å². The summed E-state index contributed by atoms with van der Waals surface area (Å²) in [6.45, 7) is 1.14. The van der Waals surface area contributed by atoms with Crippen molar-refractivity contribution in [1.82, 2.24) is 9.55 Å². The van der Waals surface area contributed by atoms with Crippen LogP contribution < -0.4 is 0 Å². The number of aromatic nitrogens is 2. The van der Waals surface area contributed by atoms with Crippen molar-refractivity contribution in [3.05, 3.63) is 29.5 Å². The summed E-state index contributed by atoms with van der Waals surface area (Å²) in [6.07, 6.45) is 7.10. The van der Waals surface area contributed by atoms with Crippen LogP contribution in [0.25, 0.3) is 10.6 Å². The SMILES string of the molecule is Cl.c1csc(-c2cnc3n2CCCCC3)c1. The van der Waals surface area contributed by atoms with Crippen LogP contribution in [0.1, 0.15) is 25.1 Å². The van der Waals surface area contributed by atoms with Crippen molar-refractivity contribution in [2.75, 3.05) is 0 Å². The summed E-state index contributed by atoms with van der Waals surface area (Å²) < 4.78 is 2.40. The first kappa shape index (κ1) is 11.7. The minimum absolute atomic E-state index is 0. The van der Waals surface area contributed by atoms with Gasteiger partial charge in [-0.05, 0) is 24.3 Å². The molecule has 0 atom stereocenters. The molecule has 0 radical (unpaired) electrons. The molecule has 0 aliphatic carbocycles. The molecule has 0 unspecified atom stereocenters. The van der Waals surface area contributed by atoms with E-state index in [-0.39, 0.29) is 12.4 Å². The highest BCUT2D eigenvalue weighted by molar-refractivity contribution is 7.13. The van der Waals surface area contributed by atoms with E-state index in [1.54, 1.807) is 11.3 Å². The molecular weight excluding hydrogens is 240 g/mol. The van der Waals surface area contributed by atoms with Crippen LogP contribution in [-0.2, 0) is 13.0 Å². The van der Waals surface area contributed by atoms with Gasteiger partial charge in [0.25, 0.3) is 0 Å². The minimum atomic E-state index is 0. The van der Waals surface area contributed by atoms with E-state index in [9.17, 15) is 0 Å². The number of fused-ring (bicyclic) bond motifs is 1. The van der Waals surface area contributed by atoms with E-state index < -0.39 is 0 Å². The lowest BCUT2D eigenvalue weighted by Gasteiger charge is -2.06. The van der Waals surface area contributed by atoms with Gasteiger partial charge in [-0.25, -0.2) is 4.98 Å². The lowest BCUT2D eigenvalue weighted by atomic mass is 10.2. The van der Waals surface area contributed by atoms with Crippen molar-refractivity contribution < 1.29 is 0 Å². The lowest BCUT2D eigenvalue weighted by Crippen LogP contribution is -2.01. The van der Waals surface area contributed by atoms with Crippen molar-refractivity contribution in [1.29, 1.82) is 0 Å². The summed E-state index contributed by atoms with van der Waals surface area (Å²) in [7, 11) is 0. The minimum Gasteiger partial charge on any atom is -0.327 e. The summed E-state index contributed by atoms with van der Waals surface area (Å²) in [4.78, 5) is 5.89. The van der Waals surface area contributed by atoms with Crippen molar-refractivity contribution in [2.45, 2.75) is 32.2 Å². The second-order valence-electron chi connectivity index (χ2n) is 4.00. The molecule has 0 fully saturated rings. The molecule has 1 aliphatic heterocycles. The van der Waals surface area contributed by atoms with Gasteiger partial charge in [-0.2, -0.15) is 0 Å². The molecule has 0 saturated heterocycles. The Kier molecular flexibility index (Phi) is 3.66. The van der Waals surface area contributed by atoms with Gasteiger partial charge in [0.2, 0.25) is 0 Å². The summed E-state index contributed by atoms with van der Waals surface area (Å²) in [6, 6.07) is 4.29. The number of hydrogen-bond acceptors (Lipinski definition) is 2. The Labute approximate surface area is 106 Å². The second-order valence-corrected chi connectivity index (χ2v) is 4.95. The highest BCUT2D eigenvalue weighted by Gasteiger charge is 2.14. The van der Waals surface area contributed by atoms with Gasteiger partial charge in [0.05, 0.1) is 16.8 Å². The van der Waals surface area contributed by atoms with Gasteiger partial charge < -0.3 is 4.57 Å². The van der Waals surface area contributed by atoms with Crippen LogP contribution in [-0.4, -0.2) is 9.55 Å². The number of aryl methyl sites for hydroxylation is 1. The highest BCUT2D eigenvalue weighted by Crippen LogP contribution is 2.27. The summed E-state index contributed by atoms with van der Waals surface area (Å²) in [5.41, 5.74) is 1.31. The number of hydrogen-bond donors (Lipinski definition) is 0. The molecule has 3 heterocycles.